The molecule has 1 aliphatic rings. The van der Waals surface area contributed by atoms with Gasteiger partial charge in [-0.15, -0.1) is 0 Å². The summed E-state index contributed by atoms with van der Waals surface area (Å²) in [6, 6.07) is 1.22. The molecular weight excluding hydrogens is 388 g/mol. The molecule has 1 aliphatic heterocycles. The van der Waals surface area contributed by atoms with E-state index < -0.39 is 21.3 Å². The Bertz CT molecular complexity index is 1070. The number of carbonyl (C=O) groups is 1. The second-order valence-electron chi connectivity index (χ2n) is 6.54. The zero-order valence-electron chi connectivity index (χ0n) is 15.4. The van der Waals surface area contributed by atoms with E-state index in [0.29, 0.717) is 19.5 Å². The minimum absolute atomic E-state index is 0.0846. The van der Waals surface area contributed by atoms with E-state index in [9.17, 15) is 22.8 Å². The van der Waals surface area contributed by atoms with E-state index in [1.165, 1.54) is 38.2 Å². The van der Waals surface area contributed by atoms with Crippen molar-refractivity contribution in [3.8, 4) is 0 Å². The maximum atomic E-state index is 12.7. The quantitative estimate of drug-likeness (QED) is 0.644. The van der Waals surface area contributed by atoms with Gasteiger partial charge in [0.25, 0.3) is 5.56 Å². The lowest BCUT2D eigenvalue weighted by Crippen LogP contribution is -2.38. The van der Waals surface area contributed by atoms with Crippen molar-refractivity contribution in [3.05, 3.63) is 45.5 Å². The highest BCUT2D eigenvalue weighted by Crippen LogP contribution is 2.17. The van der Waals surface area contributed by atoms with E-state index in [-0.39, 0.29) is 36.9 Å². The Kier molecular flexibility index (Phi) is 5.79. The Balaban J connectivity index is 1.60. The van der Waals surface area contributed by atoms with Crippen molar-refractivity contribution in [2.75, 3.05) is 26.2 Å². The summed E-state index contributed by atoms with van der Waals surface area (Å²) in [5, 5.41) is 3.91. The molecule has 2 aromatic rings. The van der Waals surface area contributed by atoms with Crippen molar-refractivity contribution in [2.24, 2.45) is 7.05 Å². The second-order valence-corrected chi connectivity index (χ2v) is 8.48. The first-order valence-electron chi connectivity index (χ1n) is 8.84. The average Bonchev–Trinajstić information content (AvgIpc) is 2.93. The predicted octanol–water partition coefficient (Wildman–Crippen LogP) is -1.42. The van der Waals surface area contributed by atoms with Crippen LogP contribution in [0.5, 0.6) is 0 Å². The van der Waals surface area contributed by atoms with Crippen LogP contribution in [0.15, 0.2) is 39.1 Å². The summed E-state index contributed by atoms with van der Waals surface area (Å²) in [6.07, 6.45) is 4.71. The monoisotopic (exact) mass is 410 g/mol. The molecule has 11 nitrogen and oxygen atoms in total. The number of aromatic nitrogens is 4. The molecular formula is C16H22N6O5S. The molecule has 0 saturated carbocycles. The van der Waals surface area contributed by atoms with Crippen molar-refractivity contribution >= 4 is 15.9 Å². The van der Waals surface area contributed by atoms with Gasteiger partial charge >= 0.3 is 5.69 Å². The van der Waals surface area contributed by atoms with Gasteiger partial charge in [0.2, 0.25) is 15.9 Å². The first kappa shape index (κ1) is 20.0. The van der Waals surface area contributed by atoms with E-state index in [2.05, 4.69) is 10.1 Å². The van der Waals surface area contributed by atoms with Crippen LogP contribution in [0.3, 0.4) is 0 Å². The summed E-state index contributed by atoms with van der Waals surface area (Å²) in [4.78, 5) is 39.1. The van der Waals surface area contributed by atoms with Crippen LogP contribution in [-0.2, 0) is 28.4 Å². The van der Waals surface area contributed by atoms with Crippen LogP contribution >= 0.6 is 0 Å². The molecule has 0 spiro atoms. The molecule has 0 aromatic carbocycles. The topological polar surface area (TPSA) is 130 Å². The summed E-state index contributed by atoms with van der Waals surface area (Å²) in [7, 11) is -2.00. The fraction of sp³-hybridized carbons (Fsp3) is 0.500. The van der Waals surface area contributed by atoms with Crippen molar-refractivity contribution in [2.45, 2.75) is 24.3 Å². The van der Waals surface area contributed by atoms with Gasteiger partial charge < -0.3 is 9.47 Å². The fourth-order valence-electron chi connectivity index (χ4n) is 3.06. The van der Waals surface area contributed by atoms with Crippen LogP contribution in [0, 0.1) is 0 Å². The maximum absolute atomic E-state index is 12.7. The van der Waals surface area contributed by atoms with E-state index in [0.717, 1.165) is 0 Å². The number of carbonyl (C=O) groups excluding carboxylic acids is 1. The Morgan fingerprint density at radius 3 is 2.68 bits per heavy atom. The van der Waals surface area contributed by atoms with Crippen molar-refractivity contribution < 1.29 is 13.2 Å². The van der Waals surface area contributed by atoms with Gasteiger partial charge in [0.05, 0.1) is 6.20 Å². The first-order valence-corrected chi connectivity index (χ1v) is 10.3. The van der Waals surface area contributed by atoms with Gasteiger partial charge in [-0.25, -0.2) is 13.2 Å². The van der Waals surface area contributed by atoms with Gasteiger partial charge in [-0.3, -0.25) is 19.3 Å². The Morgan fingerprint density at radius 1 is 1.21 bits per heavy atom. The third-order valence-corrected chi connectivity index (χ3v) is 6.44. The number of hydrogen-bond donors (Lipinski definition) is 1. The van der Waals surface area contributed by atoms with E-state index in [1.807, 2.05) is 0 Å². The minimum Gasteiger partial charge on any atom is -0.341 e. The van der Waals surface area contributed by atoms with Gasteiger partial charge in [-0.05, 0) is 6.42 Å². The van der Waals surface area contributed by atoms with Crippen LogP contribution in [0.25, 0.3) is 0 Å². The van der Waals surface area contributed by atoms with Gasteiger partial charge in [0.1, 0.15) is 4.90 Å². The minimum atomic E-state index is -3.65. The molecule has 1 amide bonds. The third-order valence-electron chi connectivity index (χ3n) is 4.59. The zero-order valence-corrected chi connectivity index (χ0v) is 16.3. The normalized spacial score (nSPS) is 16.1. The second kappa shape index (κ2) is 8.10. The predicted molar refractivity (Wildman–Crippen MR) is 99.1 cm³/mol. The van der Waals surface area contributed by atoms with Crippen LogP contribution in [0.2, 0.25) is 0 Å². The van der Waals surface area contributed by atoms with Crippen LogP contribution in [-0.4, -0.2) is 69.0 Å². The highest BCUT2D eigenvalue weighted by molar-refractivity contribution is 7.89. The molecule has 1 saturated heterocycles. The molecule has 12 heteroatoms. The lowest BCUT2D eigenvalue weighted by Gasteiger charge is -2.21. The number of rotatable bonds is 5. The summed E-state index contributed by atoms with van der Waals surface area (Å²) in [5.41, 5.74) is -1.06. The van der Waals surface area contributed by atoms with Crippen molar-refractivity contribution in [1.82, 2.24) is 28.5 Å². The third kappa shape index (κ3) is 4.39. The molecule has 3 rings (SSSR count). The van der Waals surface area contributed by atoms with Crippen molar-refractivity contribution in [1.29, 1.82) is 0 Å². The highest BCUT2D eigenvalue weighted by atomic mass is 32.2. The maximum Gasteiger partial charge on any atom is 0.328 e. The van der Waals surface area contributed by atoms with E-state index in [1.54, 1.807) is 11.9 Å². The number of hydrogen-bond acceptors (Lipinski definition) is 6. The lowest BCUT2D eigenvalue weighted by molar-refractivity contribution is -0.131. The molecule has 152 valence electrons. The van der Waals surface area contributed by atoms with E-state index in [4.69, 9.17) is 0 Å². The summed E-state index contributed by atoms with van der Waals surface area (Å²) >= 11 is 0. The summed E-state index contributed by atoms with van der Waals surface area (Å²) in [5.74, 6) is -0.168. The SMILES string of the molecule is Cn1cc(S(=O)(=O)N2CCCN(C(=O)CCn3ccc(=O)[nH]c3=O)CC2)cn1. The number of sulfonamides is 1. The molecule has 3 heterocycles. The Morgan fingerprint density at radius 2 is 2.00 bits per heavy atom. The lowest BCUT2D eigenvalue weighted by atomic mass is 10.3. The standard InChI is InChI=1S/C16H22N6O5S/c1-19-12-13(11-17-19)28(26,27)22-6-2-5-20(9-10-22)15(24)4-8-21-7-3-14(23)18-16(21)25/h3,7,11-12H,2,4-6,8-10H2,1H3,(H,18,23,25). The molecule has 1 N–H and O–H groups in total. The molecule has 2 aromatic heterocycles. The number of aromatic amines is 1. The highest BCUT2D eigenvalue weighted by Gasteiger charge is 2.29. The number of nitrogens with zero attached hydrogens (tertiary/aromatic N) is 5. The van der Waals surface area contributed by atoms with E-state index >= 15 is 0 Å². The Labute approximate surface area is 161 Å². The fourth-order valence-corrected chi connectivity index (χ4v) is 4.51. The van der Waals surface area contributed by atoms with Crippen LogP contribution in [0.4, 0.5) is 0 Å². The van der Waals surface area contributed by atoms with Gasteiger partial charge in [0.15, 0.2) is 0 Å². The average molecular weight is 410 g/mol. The first-order chi connectivity index (χ1) is 13.3. The van der Waals surface area contributed by atoms with Gasteiger partial charge in [-0.1, -0.05) is 0 Å². The number of H-pyrrole nitrogens is 1. The Hall–Kier alpha value is -2.73. The summed E-state index contributed by atoms with van der Waals surface area (Å²) < 4.78 is 29.5. The van der Waals surface area contributed by atoms with Gasteiger partial charge in [-0.2, -0.15) is 9.40 Å². The molecule has 0 bridgehead atoms. The number of nitrogens with one attached hydrogen (secondary N) is 1. The zero-order chi connectivity index (χ0) is 20.3. The van der Waals surface area contributed by atoms with Crippen molar-refractivity contribution in [3.63, 3.8) is 0 Å². The van der Waals surface area contributed by atoms with Gasteiger partial charge in [0, 0.05) is 64.7 Å². The van der Waals surface area contributed by atoms with Crippen LogP contribution < -0.4 is 11.2 Å². The molecule has 1 fully saturated rings. The molecule has 0 atom stereocenters. The molecule has 0 aliphatic carbocycles. The molecule has 28 heavy (non-hydrogen) atoms. The molecule has 0 unspecified atom stereocenters. The largest absolute Gasteiger partial charge is 0.341 e. The number of aryl methyl sites for hydroxylation is 2. The molecule has 0 radical (unpaired) electrons. The smallest absolute Gasteiger partial charge is 0.328 e. The number of amides is 1. The summed E-state index contributed by atoms with van der Waals surface area (Å²) in [6.45, 7) is 1.38. The van der Waals surface area contributed by atoms with Crippen LogP contribution in [0.1, 0.15) is 12.8 Å².